The molecule has 0 saturated heterocycles. The molecule has 6 nitrogen and oxygen atoms in total. The molecule has 0 aromatic heterocycles. The molecule has 0 amide bonds. The summed E-state index contributed by atoms with van der Waals surface area (Å²) in [6.45, 7) is 7.09. The van der Waals surface area contributed by atoms with Crippen molar-refractivity contribution in [1.82, 2.24) is 4.72 Å². The van der Waals surface area contributed by atoms with Crippen molar-refractivity contribution in [2.24, 2.45) is 0 Å². The second-order valence-corrected chi connectivity index (χ2v) is 12.0. The lowest BCUT2D eigenvalue weighted by Crippen LogP contribution is -2.49. The average molecular weight is 442 g/mol. The first-order valence-electron chi connectivity index (χ1n) is 9.62. The van der Waals surface area contributed by atoms with Gasteiger partial charge < -0.3 is 0 Å². The Morgan fingerprint density at radius 2 is 1.93 bits per heavy atom. The highest BCUT2D eigenvalue weighted by molar-refractivity contribution is 8.01. The van der Waals surface area contributed by atoms with Crippen molar-refractivity contribution >= 4 is 28.4 Å². The molecule has 160 valence electrons. The summed E-state index contributed by atoms with van der Waals surface area (Å²) in [5.74, 6) is -0.340. The van der Waals surface area contributed by atoms with E-state index in [1.807, 2.05) is 0 Å². The molecule has 1 fully saturated rings. The Balaban J connectivity index is 2.44. The SMILES string of the molecule is CC(C)(C)[S@@](=O)N[C@@](C)(CSC1(C#N)CCCCC1)c1cc([N+](=O)[O-])ccc1F. The monoisotopic (exact) mass is 441 g/mol. The minimum Gasteiger partial charge on any atom is -0.258 e. The highest BCUT2D eigenvalue weighted by atomic mass is 32.2. The van der Waals surface area contributed by atoms with Crippen LogP contribution in [0.5, 0.6) is 0 Å². The van der Waals surface area contributed by atoms with E-state index < -0.39 is 36.8 Å². The van der Waals surface area contributed by atoms with Gasteiger partial charge in [-0.1, -0.05) is 19.3 Å². The van der Waals surface area contributed by atoms with E-state index in [1.165, 1.54) is 17.8 Å². The first-order valence-corrected chi connectivity index (χ1v) is 11.8. The zero-order valence-electron chi connectivity index (χ0n) is 17.3. The number of nitriles is 1. The molecule has 9 heteroatoms. The third kappa shape index (κ3) is 5.77. The third-order valence-corrected chi connectivity index (χ3v) is 8.65. The number of nitrogens with one attached hydrogen (secondary N) is 1. The molecule has 1 N–H and O–H groups in total. The average Bonchev–Trinajstić information content (AvgIpc) is 2.66. The van der Waals surface area contributed by atoms with Crippen LogP contribution in [0.2, 0.25) is 0 Å². The number of rotatable bonds is 7. The minimum atomic E-state index is -1.54. The van der Waals surface area contributed by atoms with Crippen molar-refractivity contribution in [1.29, 1.82) is 5.26 Å². The van der Waals surface area contributed by atoms with Gasteiger partial charge in [-0.25, -0.2) is 13.3 Å². The molecule has 0 bridgehead atoms. The van der Waals surface area contributed by atoms with Crippen LogP contribution in [0, 0.1) is 27.3 Å². The number of hydrogen-bond donors (Lipinski definition) is 1. The van der Waals surface area contributed by atoms with Gasteiger partial charge in [0.15, 0.2) is 0 Å². The van der Waals surface area contributed by atoms with Crippen LogP contribution in [0.15, 0.2) is 18.2 Å². The van der Waals surface area contributed by atoms with Gasteiger partial charge in [0.25, 0.3) is 5.69 Å². The van der Waals surface area contributed by atoms with Crippen molar-refractivity contribution in [3.8, 4) is 6.07 Å². The van der Waals surface area contributed by atoms with Gasteiger partial charge in [0.2, 0.25) is 0 Å². The maximum atomic E-state index is 14.8. The van der Waals surface area contributed by atoms with Crippen LogP contribution in [0.3, 0.4) is 0 Å². The molecular weight excluding hydrogens is 413 g/mol. The fourth-order valence-corrected chi connectivity index (χ4v) is 5.69. The van der Waals surface area contributed by atoms with E-state index in [9.17, 15) is 24.0 Å². The molecule has 2 rings (SSSR count). The van der Waals surface area contributed by atoms with Gasteiger partial charge in [0.1, 0.15) is 10.6 Å². The first-order chi connectivity index (χ1) is 13.4. The highest BCUT2D eigenvalue weighted by Crippen LogP contribution is 2.43. The number of nitro groups is 1. The Labute approximate surface area is 178 Å². The summed E-state index contributed by atoms with van der Waals surface area (Å²) >= 11 is 1.43. The number of benzene rings is 1. The van der Waals surface area contributed by atoms with Gasteiger partial charge in [0, 0.05) is 23.4 Å². The maximum Gasteiger partial charge on any atom is 0.269 e. The van der Waals surface area contributed by atoms with Crippen LogP contribution in [-0.4, -0.2) is 24.4 Å². The van der Waals surface area contributed by atoms with Crippen molar-refractivity contribution in [2.45, 2.75) is 74.8 Å². The quantitative estimate of drug-likeness (QED) is 0.476. The fourth-order valence-electron chi connectivity index (χ4n) is 3.26. The number of nitrogens with zero attached hydrogens (tertiary/aromatic N) is 2. The van der Waals surface area contributed by atoms with Crippen LogP contribution >= 0.6 is 11.8 Å². The Morgan fingerprint density at radius 3 is 2.45 bits per heavy atom. The topological polar surface area (TPSA) is 96.0 Å². The standard InChI is InChI=1S/C20H28FN3O3S2/c1-18(2,3)29(27)23-19(4,14-28-20(13-22)10-6-5-7-11-20)16-12-15(24(25)26)8-9-17(16)21/h8-9,12,23H,5-7,10-11,14H2,1-4H3/t19-,29+/m0/s1. The lowest BCUT2D eigenvalue weighted by molar-refractivity contribution is -0.385. The van der Waals surface area contributed by atoms with Crippen LogP contribution in [-0.2, 0) is 16.5 Å². The highest BCUT2D eigenvalue weighted by Gasteiger charge is 2.40. The van der Waals surface area contributed by atoms with Gasteiger partial charge in [-0.15, -0.1) is 11.8 Å². The molecule has 0 radical (unpaired) electrons. The zero-order valence-corrected chi connectivity index (χ0v) is 18.9. The van der Waals surface area contributed by atoms with Crippen molar-refractivity contribution in [2.75, 3.05) is 5.75 Å². The molecule has 2 atom stereocenters. The van der Waals surface area contributed by atoms with E-state index in [0.29, 0.717) is 0 Å². The van der Waals surface area contributed by atoms with Crippen molar-refractivity contribution in [3.05, 3.63) is 39.7 Å². The normalized spacial score (nSPS) is 19.7. The van der Waals surface area contributed by atoms with E-state index >= 15 is 0 Å². The smallest absolute Gasteiger partial charge is 0.258 e. The van der Waals surface area contributed by atoms with Gasteiger partial charge in [0.05, 0.1) is 32.3 Å². The molecule has 1 aromatic rings. The summed E-state index contributed by atoms with van der Waals surface area (Å²) in [6.07, 6.45) is 4.52. The minimum absolute atomic E-state index is 0.0840. The first kappa shape index (κ1) is 23.8. The molecule has 0 aliphatic heterocycles. The number of hydrogen-bond acceptors (Lipinski definition) is 5. The molecule has 0 spiro atoms. The van der Waals surface area contributed by atoms with E-state index in [2.05, 4.69) is 10.8 Å². The Morgan fingerprint density at radius 1 is 1.31 bits per heavy atom. The Kier molecular flexibility index (Phi) is 7.47. The summed E-state index contributed by atoms with van der Waals surface area (Å²) in [6, 6.07) is 5.81. The summed E-state index contributed by atoms with van der Waals surface area (Å²) in [5, 5.41) is 21.0. The Hall–Kier alpha value is -1.50. The van der Waals surface area contributed by atoms with E-state index in [0.717, 1.165) is 44.2 Å². The molecular formula is C20H28FN3O3S2. The van der Waals surface area contributed by atoms with Gasteiger partial charge in [-0.2, -0.15) is 5.26 Å². The number of non-ortho nitro benzene ring substituents is 1. The summed E-state index contributed by atoms with van der Waals surface area (Å²) < 4.78 is 29.5. The summed E-state index contributed by atoms with van der Waals surface area (Å²) in [4.78, 5) is 10.7. The van der Waals surface area contributed by atoms with Crippen LogP contribution < -0.4 is 4.72 Å². The Bertz CT molecular complexity index is 829. The van der Waals surface area contributed by atoms with E-state index in [-0.39, 0.29) is 17.0 Å². The van der Waals surface area contributed by atoms with Crippen molar-refractivity contribution < 1.29 is 13.5 Å². The predicted molar refractivity (Wildman–Crippen MR) is 115 cm³/mol. The van der Waals surface area contributed by atoms with Gasteiger partial charge >= 0.3 is 0 Å². The molecule has 1 saturated carbocycles. The van der Waals surface area contributed by atoms with Crippen LogP contribution in [0.4, 0.5) is 10.1 Å². The van der Waals surface area contributed by atoms with E-state index in [1.54, 1.807) is 27.7 Å². The third-order valence-electron chi connectivity index (χ3n) is 5.13. The van der Waals surface area contributed by atoms with Gasteiger partial charge in [-0.3, -0.25) is 10.1 Å². The largest absolute Gasteiger partial charge is 0.269 e. The molecule has 1 aliphatic carbocycles. The summed E-state index contributed by atoms with van der Waals surface area (Å²) in [7, 11) is -1.54. The molecule has 0 unspecified atom stereocenters. The summed E-state index contributed by atoms with van der Waals surface area (Å²) in [5.41, 5.74) is -1.30. The fraction of sp³-hybridized carbons (Fsp3) is 0.650. The zero-order chi connectivity index (χ0) is 21.9. The maximum absolute atomic E-state index is 14.8. The number of thioether (sulfide) groups is 1. The molecule has 0 heterocycles. The molecule has 1 aromatic carbocycles. The lowest BCUT2D eigenvalue weighted by Gasteiger charge is -2.37. The number of nitro benzene ring substituents is 1. The predicted octanol–water partition coefficient (Wildman–Crippen LogP) is 4.96. The van der Waals surface area contributed by atoms with E-state index in [4.69, 9.17) is 0 Å². The van der Waals surface area contributed by atoms with Crippen LogP contribution in [0.25, 0.3) is 0 Å². The number of halogens is 1. The molecule has 1 aliphatic rings. The second-order valence-electron chi connectivity index (χ2n) is 8.69. The molecule has 29 heavy (non-hydrogen) atoms. The van der Waals surface area contributed by atoms with Gasteiger partial charge in [-0.05, 0) is 46.6 Å². The second kappa shape index (κ2) is 9.11. The van der Waals surface area contributed by atoms with Crippen molar-refractivity contribution in [3.63, 3.8) is 0 Å². The lowest BCUT2D eigenvalue weighted by atomic mass is 9.89. The van der Waals surface area contributed by atoms with Crippen LogP contribution in [0.1, 0.15) is 65.4 Å².